The molecule has 21 aromatic carbocycles. The van der Waals surface area contributed by atoms with E-state index in [1.807, 2.05) is 0 Å². The second-order valence-electron chi connectivity index (χ2n) is 39.9. The molecular weight excluding hydrogens is 1740 g/mol. The SMILES string of the molecule is Cc1ccc(-n2c3ccccc3c3cc(-c4ccccc4)ccc32)cc1.Cc1ccc(-n2c3ccccc3c3cc4c(cc32)C(C)(C)c2ccccc2-4)cc1.Cc1ccc(-n2c3ccccc3c3ccccc32)cc1.Cc1cccc(-n2c3ccccc3c3cc4c(cc32)C(C)(C)c2ccccc2-4)c1.Cc1cccc(-n2c3ccccc3c3ccccc32)c1.Cc1cccc2c1c1ccccc1n2-c1ccccc1. The number of para-hydroxylation sites is 9. The van der Waals surface area contributed by atoms with E-state index in [2.05, 4.69) is 582 Å². The lowest BCUT2D eigenvalue weighted by Crippen LogP contribution is -2.14. The normalized spacial score (nSPS) is 12.5. The van der Waals surface area contributed by atoms with Gasteiger partial charge in [0.2, 0.25) is 0 Å². The van der Waals surface area contributed by atoms with Crippen LogP contribution in [0, 0.1) is 41.5 Å². The van der Waals surface area contributed by atoms with Gasteiger partial charge in [0.05, 0.1) is 66.2 Å². The van der Waals surface area contributed by atoms with Crippen LogP contribution in [0.25, 0.3) is 198 Å². The largest absolute Gasteiger partial charge is 0.309 e. The Labute approximate surface area is 840 Å². The summed E-state index contributed by atoms with van der Waals surface area (Å²) < 4.78 is 14.2. The molecule has 27 aromatic rings. The minimum Gasteiger partial charge on any atom is -0.309 e. The van der Waals surface area contributed by atoms with Crippen LogP contribution in [0.4, 0.5) is 0 Å². The lowest BCUT2D eigenvalue weighted by Gasteiger charge is -2.21. The summed E-state index contributed by atoms with van der Waals surface area (Å²) in [4.78, 5) is 0. The summed E-state index contributed by atoms with van der Waals surface area (Å²) in [6.07, 6.45) is 0. The van der Waals surface area contributed by atoms with Gasteiger partial charge in [-0.15, -0.1) is 0 Å². The van der Waals surface area contributed by atoms with Crippen LogP contribution in [-0.2, 0) is 10.8 Å². The number of nitrogens with zero attached hydrogens (tertiary/aromatic N) is 6. The van der Waals surface area contributed by atoms with Gasteiger partial charge in [0.25, 0.3) is 0 Å². The van der Waals surface area contributed by atoms with Gasteiger partial charge in [-0.3, -0.25) is 0 Å². The Bertz CT molecular complexity index is 9510. The van der Waals surface area contributed by atoms with Crippen LogP contribution < -0.4 is 0 Å². The first-order valence-corrected chi connectivity index (χ1v) is 50.3. The van der Waals surface area contributed by atoms with Crippen LogP contribution in [0.3, 0.4) is 0 Å². The highest BCUT2D eigenvalue weighted by molar-refractivity contribution is 6.16. The van der Waals surface area contributed by atoms with Gasteiger partial charge in [-0.2, -0.15) is 0 Å². The molecule has 29 rings (SSSR count). The van der Waals surface area contributed by atoms with E-state index in [4.69, 9.17) is 0 Å². The average Bonchev–Trinajstić information content (AvgIpc) is 1.44. The second kappa shape index (κ2) is 36.6. The van der Waals surface area contributed by atoms with Crippen molar-refractivity contribution in [2.24, 2.45) is 0 Å². The first-order chi connectivity index (χ1) is 70.5. The van der Waals surface area contributed by atoms with Gasteiger partial charge in [-0.05, 0) is 278 Å². The van der Waals surface area contributed by atoms with Gasteiger partial charge < -0.3 is 27.4 Å². The summed E-state index contributed by atoms with van der Waals surface area (Å²) in [5.41, 5.74) is 44.0. The Morgan fingerprint density at radius 1 is 0.146 bits per heavy atom. The van der Waals surface area contributed by atoms with E-state index in [1.165, 1.54) is 254 Å². The minimum absolute atomic E-state index is 0.00794. The van der Waals surface area contributed by atoms with Gasteiger partial charge >= 0.3 is 0 Å². The molecule has 0 fully saturated rings. The molecule has 0 N–H and O–H groups in total. The van der Waals surface area contributed by atoms with E-state index >= 15 is 0 Å². The van der Waals surface area contributed by atoms with Gasteiger partial charge in [-0.1, -0.05) is 366 Å². The van der Waals surface area contributed by atoms with Crippen LogP contribution >= 0.6 is 0 Å². The van der Waals surface area contributed by atoms with Crippen molar-refractivity contribution in [1.82, 2.24) is 27.4 Å². The van der Waals surface area contributed by atoms with E-state index in [0.29, 0.717) is 0 Å². The third-order valence-corrected chi connectivity index (χ3v) is 30.0. The quantitative estimate of drug-likeness (QED) is 0.152. The van der Waals surface area contributed by atoms with E-state index in [-0.39, 0.29) is 10.8 Å². The molecule has 692 valence electrons. The van der Waals surface area contributed by atoms with Gasteiger partial charge in [0.15, 0.2) is 0 Å². The number of hydrogen-bond donors (Lipinski definition) is 0. The topological polar surface area (TPSA) is 29.6 Å². The molecule has 144 heavy (non-hydrogen) atoms. The first-order valence-electron chi connectivity index (χ1n) is 50.3. The van der Waals surface area contributed by atoms with Crippen LogP contribution in [0.5, 0.6) is 0 Å². The summed E-state index contributed by atoms with van der Waals surface area (Å²) in [5.74, 6) is 0. The van der Waals surface area contributed by atoms with Crippen LogP contribution in [0.1, 0.15) is 83.3 Å². The monoisotopic (exact) mass is 1850 g/mol. The molecule has 0 bridgehead atoms. The van der Waals surface area contributed by atoms with Gasteiger partial charge in [-0.25, -0.2) is 0 Å². The highest BCUT2D eigenvalue weighted by atomic mass is 15.0. The van der Waals surface area contributed by atoms with E-state index in [1.54, 1.807) is 0 Å². The Hall–Kier alpha value is -17.6. The number of aryl methyl sites for hydroxylation is 6. The van der Waals surface area contributed by atoms with Crippen LogP contribution in [-0.4, -0.2) is 27.4 Å². The fraction of sp³-hybridized carbons (Fsp3) is 0.0870. The zero-order chi connectivity index (χ0) is 97.6. The maximum atomic E-state index is 2.44. The zero-order valence-electron chi connectivity index (χ0n) is 82.9. The van der Waals surface area contributed by atoms with E-state index < -0.39 is 0 Å². The summed E-state index contributed by atoms with van der Waals surface area (Å²) in [5, 5.41) is 15.8. The summed E-state index contributed by atoms with van der Waals surface area (Å²) >= 11 is 0. The molecule has 2 aliphatic rings. The van der Waals surface area contributed by atoms with Crippen molar-refractivity contribution in [2.75, 3.05) is 0 Å². The third kappa shape index (κ3) is 15.5. The molecule has 0 radical (unpaired) electrons. The Kier molecular flexibility index (Phi) is 22.6. The number of hydrogen-bond acceptors (Lipinski definition) is 0. The number of benzene rings is 21. The van der Waals surface area contributed by atoms with Crippen LogP contribution in [0.15, 0.2) is 485 Å². The van der Waals surface area contributed by atoms with Crippen molar-refractivity contribution in [1.29, 1.82) is 0 Å². The molecule has 6 heteroatoms. The number of fused-ring (bicyclic) bond motifs is 24. The molecular formula is C138H110N6. The maximum absolute atomic E-state index is 2.44. The van der Waals surface area contributed by atoms with Crippen molar-refractivity contribution in [3.63, 3.8) is 0 Å². The Morgan fingerprint density at radius 3 is 0.806 bits per heavy atom. The molecule has 0 saturated carbocycles. The molecule has 0 amide bonds. The maximum Gasteiger partial charge on any atom is 0.0544 e. The van der Waals surface area contributed by atoms with E-state index in [0.717, 1.165) is 0 Å². The molecule has 6 heterocycles. The van der Waals surface area contributed by atoms with Crippen molar-refractivity contribution in [3.8, 4) is 67.5 Å². The van der Waals surface area contributed by atoms with Crippen molar-refractivity contribution in [3.05, 3.63) is 541 Å². The molecule has 6 aromatic heterocycles. The second-order valence-corrected chi connectivity index (χ2v) is 39.9. The standard InChI is InChI=1S/2C28H23N.C25H19N.3C19H15N/c1-18-9-8-10-19(15-18)29-26-14-7-5-12-21(26)23-16-22-20-11-4-6-13-24(20)28(2,3)25(22)17-27(23)29;1-18-12-14-19(15-13-18)29-26-11-7-5-9-21(26)23-16-22-20-8-4-6-10-24(20)28(2,3)25(22)17-27(23)29;1-18-11-14-21(15-12-18)26-24-10-6-5-9-22(24)23-17-20(13-16-25(23)26)19-7-3-2-4-8-19;1-14-7-6-8-15(13-14)20-18-11-4-2-9-16(18)17-10-3-5-12-19(17)20;1-14-10-12-15(13-11-14)20-18-8-4-2-6-16(18)17-7-3-5-9-19(17)20;1-14-8-7-13-18-19(14)16-11-5-6-12-17(16)20(18)15-9-3-2-4-10-15/h2*4-17H,1-3H3;2-17H,1H3;3*2-13H,1H3. The molecule has 0 aliphatic heterocycles. The Morgan fingerprint density at radius 2 is 0.417 bits per heavy atom. The van der Waals surface area contributed by atoms with Crippen molar-refractivity contribution in [2.45, 2.75) is 80.1 Å². The van der Waals surface area contributed by atoms with Gasteiger partial charge in [0.1, 0.15) is 0 Å². The minimum atomic E-state index is 0.00794. The number of aromatic nitrogens is 6. The van der Waals surface area contributed by atoms with Crippen molar-refractivity contribution < 1.29 is 0 Å². The smallest absolute Gasteiger partial charge is 0.0544 e. The fourth-order valence-corrected chi connectivity index (χ4v) is 23.0. The molecule has 0 saturated heterocycles. The first kappa shape index (κ1) is 89.1. The lowest BCUT2D eigenvalue weighted by atomic mass is 9.82. The summed E-state index contributed by atoms with van der Waals surface area (Å²) in [6, 6.07) is 175. The third-order valence-electron chi connectivity index (χ3n) is 30.0. The average molecular weight is 1850 g/mol. The van der Waals surface area contributed by atoms with Gasteiger partial charge in [0, 0.05) is 110 Å². The van der Waals surface area contributed by atoms with Crippen LogP contribution in [0.2, 0.25) is 0 Å². The highest BCUT2D eigenvalue weighted by Crippen LogP contribution is 2.54. The lowest BCUT2D eigenvalue weighted by molar-refractivity contribution is 0.661. The number of rotatable bonds is 7. The zero-order valence-corrected chi connectivity index (χ0v) is 82.9. The predicted octanol–water partition coefficient (Wildman–Crippen LogP) is 36.8. The van der Waals surface area contributed by atoms with E-state index in [9.17, 15) is 0 Å². The van der Waals surface area contributed by atoms with Crippen molar-refractivity contribution >= 4 is 131 Å². The predicted molar refractivity (Wildman–Crippen MR) is 614 cm³/mol. The molecule has 0 atom stereocenters. The fourth-order valence-electron chi connectivity index (χ4n) is 23.0. The molecule has 0 spiro atoms. The molecule has 2 aliphatic carbocycles. The summed E-state index contributed by atoms with van der Waals surface area (Å²) in [7, 11) is 0. The highest BCUT2D eigenvalue weighted by Gasteiger charge is 2.38. The molecule has 6 nitrogen and oxygen atoms in total. The molecule has 0 unspecified atom stereocenters. The Balaban J connectivity index is 0.0000000937. The summed E-state index contributed by atoms with van der Waals surface area (Å²) in [6.45, 7) is 22.3.